The van der Waals surface area contributed by atoms with Crippen molar-refractivity contribution < 1.29 is 24.2 Å². The van der Waals surface area contributed by atoms with Crippen molar-refractivity contribution in [3.05, 3.63) is 85.0 Å². The lowest BCUT2D eigenvalue weighted by atomic mass is 9.70. The summed E-state index contributed by atoms with van der Waals surface area (Å²) in [4.78, 5) is 48.9. The molecule has 2 bridgehead atoms. The van der Waals surface area contributed by atoms with Crippen LogP contribution in [0.25, 0.3) is 0 Å². The van der Waals surface area contributed by atoms with Gasteiger partial charge in [0.05, 0.1) is 17.9 Å². The van der Waals surface area contributed by atoms with Crippen molar-refractivity contribution in [2.45, 2.75) is 70.1 Å². The zero-order chi connectivity index (χ0) is 31.4. The molecule has 1 spiro atoms. The van der Waals surface area contributed by atoms with Gasteiger partial charge in [0.15, 0.2) is 0 Å². The number of carbonyl (C=O) groups is 3. The van der Waals surface area contributed by atoms with Gasteiger partial charge in [-0.3, -0.25) is 14.4 Å². The molecule has 2 unspecified atom stereocenters. The highest BCUT2D eigenvalue weighted by Gasteiger charge is 2.75. The molecule has 2 aromatic rings. The Bertz CT molecular complexity index is 1370. The topological polar surface area (TPSA) is 90.4 Å². The monoisotopic (exact) mass is 599 g/mol. The number of aryl methyl sites for hydroxylation is 2. The first-order valence-electron chi connectivity index (χ1n) is 15.9. The molecule has 8 heteroatoms. The largest absolute Gasteiger partial charge is 0.396 e. The second kappa shape index (κ2) is 13.5. The van der Waals surface area contributed by atoms with E-state index in [-0.39, 0.29) is 30.9 Å². The van der Waals surface area contributed by atoms with Crippen molar-refractivity contribution in [2.75, 3.05) is 36.0 Å². The molecule has 2 aromatic carbocycles. The number of nitrogens with zero attached hydrogens (tertiary/aromatic N) is 3. The van der Waals surface area contributed by atoms with Crippen LogP contribution in [0.5, 0.6) is 0 Å². The van der Waals surface area contributed by atoms with Gasteiger partial charge in [0, 0.05) is 37.6 Å². The zero-order valence-corrected chi connectivity index (χ0v) is 26.0. The molecule has 3 amide bonds. The summed E-state index contributed by atoms with van der Waals surface area (Å²) in [6.45, 7) is 12.9. The summed E-state index contributed by atoms with van der Waals surface area (Å²) in [5, 5.41) is 9.24. The molecular weight excluding hydrogens is 554 g/mol. The molecule has 0 aromatic heterocycles. The summed E-state index contributed by atoms with van der Waals surface area (Å²) in [6, 6.07) is 14.5. The standard InChI is InChI=1S/C36H45N3O5/c1-5-21-37(27-17-10-9-11-18-27)33(41)29-28-19-20-36(44-28)30(29)34(42)39(23-12-7-8-13-24-40)32(36)35(43)38(22-6-2)31-25(3)15-14-16-26(31)4/h5-6,9-11,14-18,28-30,32,40H,1-2,7-8,12-13,19-24H2,3-4H3/t28-,29+,30+,32?,36?/m1/s1. The van der Waals surface area contributed by atoms with Gasteiger partial charge in [-0.05, 0) is 62.8 Å². The lowest BCUT2D eigenvalue weighted by molar-refractivity contribution is -0.140. The Hall–Kier alpha value is -3.75. The lowest BCUT2D eigenvalue weighted by Gasteiger charge is -2.37. The van der Waals surface area contributed by atoms with E-state index in [1.54, 1.807) is 26.9 Å². The molecule has 8 nitrogen and oxygen atoms in total. The number of fused-ring (bicyclic) bond motifs is 1. The van der Waals surface area contributed by atoms with Crippen molar-refractivity contribution in [1.82, 2.24) is 4.90 Å². The molecule has 3 heterocycles. The Morgan fingerprint density at radius 1 is 0.955 bits per heavy atom. The second-order valence-electron chi connectivity index (χ2n) is 12.3. The maximum Gasteiger partial charge on any atom is 0.253 e. The van der Waals surface area contributed by atoms with Crippen LogP contribution < -0.4 is 9.80 Å². The first kappa shape index (κ1) is 31.7. The molecule has 0 saturated carbocycles. The van der Waals surface area contributed by atoms with E-state index < -0.39 is 29.6 Å². The van der Waals surface area contributed by atoms with Crippen LogP contribution in [-0.4, -0.2) is 71.7 Å². The van der Waals surface area contributed by atoms with Crippen LogP contribution in [0.1, 0.15) is 49.7 Å². The van der Waals surface area contributed by atoms with Crippen LogP contribution in [0.2, 0.25) is 0 Å². The van der Waals surface area contributed by atoms with Crippen molar-refractivity contribution in [1.29, 1.82) is 0 Å². The van der Waals surface area contributed by atoms with Gasteiger partial charge in [-0.1, -0.05) is 61.4 Å². The molecule has 3 saturated heterocycles. The van der Waals surface area contributed by atoms with Gasteiger partial charge in [0.2, 0.25) is 11.8 Å². The van der Waals surface area contributed by atoms with Gasteiger partial charge in [-0.2, -0.15) is 0 Å². The highest BCUT2D eigenvalue weighted by atomic mass is 16.5. The zero-order valence-electron chi connectivity index (χ0n) is 26.0. The number of anilines is 2. The van der Waals surface area contributed by atoms with Crippen molar-refractivity contribution in [3.63, 3.8) is 0 Å². The van der Waals surface area contributed by atoms with Gasteiger partial charge in [-0.15, -0.1) is 13.2 Å². The summed E-state index contributed by atoms with van der Waals surface area (Å²) < 4.78 is 6.74. The van der Waals surface area contributed by atoms with E-state index in [2.05, 4.69) is 13.2 Å². The fraction of sp³-hybridized carbons (Fsp3) is 0.472. The van der Waals surface area contributed by atoms with Crippen molar-refractivity contribution in [3.8, 4) is 0 Å². The quantitative estimate of drug-likeness (QED) is 0.245. The molecule has 1 N–H and O–H groups in total. The van der Waals surface area contributed by atoms with Gasteiger partial charge in [-0.25, -0.2) is 0 Å². The molecule has 0 radical (unpaired) electrons. The number of rotatable bonds is 14. The number of aliphatic hydroxyl groups excluding tert-OH is 1. The van der Waals surface area contributed by atoms with E-state index in [0.29, 0.717) is 38.8 Å². The Kier molecular flexibility index (Phi) is 9.71. The van der Waals surface area contributed by atoms with Crippen LogP contribution in [0.4, 0.5) is 11.4 Å². The van der Waals surface area contributed by atoms with Gasteiger partial charge in [0.25, 0.3) is 5.91 Å². The third-order valence-electron chi connectivity index (χ3n) is 9.56. The Labute approximate surface area is 261 Å². The predicted octanol–water partition coefficient (Wildman–Crippen LogP) is 4.97. The summed E-state index contributed by atoms with van der Waals surface area (Å²) in [6.07, 6.45) is 7.15. The summed E-state index contributed by atoms with van der Waals surface area (Å²) in [5.74, 6) is -2.00. The summed E-state index contributed by atoms with van der Waals surface area (Å²) >= 11 is 0. The molecular formula is C36H45N3O5. The number of hydrogen-bond acceptors (Lipinski definition) is 5. The molecule has 3 fully saturated rings. The number of amides is 3. The third kappa shape index (κ3) is 5.50. The van der Waals surface area contributed by atoms with E-state index in [0.717, 1.165) is 35.3 Å². The smallest absolute Gasteiger partial charge is 0.253 e. The first-order chi connectivity index (χ1) is 21.3. The minimum absolute atomic E-state index is 0.128. The van der Waals surface area contributed by atoms with E-state index >= 15 is 0 Å². The van der Waals surface area contributed by atoms with Gasteiger partial charge in [0.1, 0.15) is 11.6 Å². The van der Waals surface area contributed by atoms with E-state index in [1.165, 1.54) is 0 Å². The molecule has 3 aliphatic rings. The van der Waals surface area contributed by atoms with Gasteiger partial charge < -0.3 is 24.5 Å². The average Bonchev–Trinajstić information content (AvgIpc) is 3.66. The maximum absolute atomic E-state index is 14.9. The first-order valence-corrected chi connectivity index (χ1v) is 15.9. The number of carbonyl (C=O) groups excluding carboxylic acids is 3. The van der Waals surface area contributed by atoms with Crippen LogP contribution in [0.3, 0.4) is 0 Å². The molecule has 0 aliphatic carbocycles. The molecule has 5 rings (SSSR count). The highest BCUT2D eigenvalue weighted by molar-refractivity contribution is 6.07. The fourth-order valence-corrected chi connectivity index (χ4v) is 7.74. The third-order valence-corrected chi connectivity index (χ3v) is 9.56. The summed E-state index contributed by atoms with van der Waals surface area (Å²) in [7, 11) is 0. The number of aliphatic hydroxyl groups is 1. The van der Waals surface area contributed by atoms with Crippen LogP contribution in [-0.2, 0) is 19.1 Å². The average molecular weight is 600 g/mol. The number of para-hydroxylation sites is 2. The maximum atomic E-state index is 14.9. The van der Waals surface area contributed by atoms with E-state index in [9.17, 15) is 19.5 Å². The minimum Gasteiger partial charge on any atom is -0.396 e. The lowest BCUT2D eigenvalue weighted by Crippen LogP contribution is -2.57. The number of benzene rings is 2. The predicted molar refractivity (Wildman–Crippen MR) is 172 cm³/mol. The molecule has 44 heavy (non-hydrogen) atoms. The number of hydrogen-bond donors (Lipinski definition) is 1. The van der Waals surface area contributed by atoms with E-state index in [1.807, 2.05) is 62.4 Å². The number of likely N-dealkylation sites (tertiary alicyclic amines) is 1. The Balaban J connectivity index is 1.55. The Morgan fingerprint density at radius 3 is 2.27 bits per heavy atom. The number of unbranched alkanes of at least 4 members (excludes halogenated alkanes) is 3. The molecule has 3 aliphatic heterocycles. The van der Waals surface area contributed by atoms with Gasteiger partial charge >= 0.3 is 0 Å². The summed E-state index contributed by atoms with van der Waals surface area (Å²) in [5.41, 5.74) is 2.38. The minimum atomic E-state index is -1.09. The number of ether oxygens (including phenoxy) is 1. The van der Waals surface area contributed by atoms with Crippen LogP contribution in [0.15, 0.2) is 73.8 Å². The normalized spacial score (nSPS) is 25.2. The van der Waals surface area contributed by atoms with Crippen molar-refractivity contribution >= 4 is 29.1 Å². The van der Waals surface area contributed by atoms with Crippen LogP contribution in [0, 0.1) is 25.7 Å². The molecule has 5 atom stereocenters. The van der Waals surface area contributed by atoms with Crippen LogP contribution >= 0.6 is 0 Å². The highest BCUT2D eigenvalue weighted by Crippen LogP contribution is 2.59. The SMILES string of the molecule is C=CCN(C(=O)[C@@H]1[C@H]2C(=O)N(CCCCCCO)C(C(=O)N(CC=C)c3c(C)cccc3C)C23CC[C@H]1O3)c1ccccc1. The van der Waals surface area contributed by atoms with E-state index in [4.69, 9.17) is 4.74 Å². The Morgan fingerprint density at radius 2 is 1.61 bits per heavy atom. The molecule has 234 valence electrons. The fourth-order valence-electron chi connectivity index (χ4n) is 7.74. The second-order valence-corrected chi connectivity index (χ2v) is 12.3. The van der Waals surface area contributed by atoms with Crippen molar-refractivity contribution in [2.24, 2.45) is 11.8 Å².